The number of likely N-dealkylation sites (N-methyl/N-ethyl adjacent to an activating group) is 1. The van der Waals surface area contributed by atoms with Crippen molar-refractivity contribution in [3.63, 3.8) is 0 Å². The van der Waals surface area contributed by atoms with Gasteiger partial charge in [-0.3, -0.25) is 0 Å². The maximum Gasteiger partial charge on any atom is 0.122 e. The number of hydrogen-bond acceptors (Lipinski definition) is 2. The zero-order valence-corrected chi connectivity index (χ0v) is 9.85. The van der Waals surface area contributed by atoms with Crippen LogP contribution in [0, 0.1) is 12.3 Å². The van der Waals surface area contributed by atoms with Gasteiger partial charge in [0.05, 0.1) is 6.61 Å². The third-order valence-corrected chi connectivity index (χ3v) is 1.35. The number of ether oxygens (including phenoxy) is 1. The molecule has 2 heteroatoms. The van der Waals surface area contributed by atoms with Gasteiger partial charge in [0, 0.05) is 6.54 Å². The molecule has 0 spiro atoms. The highest BCUT2D eigenvalue weighted by Crippen LogP contribution is 2.05. The van der Waals surface area contributed by atoms with Crippen molar-refractivity contribution in [2.75, 3.05) is 27.2 Å². The molecule has 0 amide bonds. The first-order valence-electron chi connectivity index (χ1n) is 4.74. The van der Waals surface area contributed by atoms with Gasteiger partial charge in [-0.25, -0.2) is 0 Å². The topological polar surface area (TPSA) is 12.5 Å². The number of nitrogens with zero attached hydrogens (tertiary/aromatic N) is 1. The van der Waals surface area contributed by atoms with E-state index in [-0.39, 0.29) is 0 Å². The fourth-order valence-electron chi connectivity index (χ4n) is 0.525. The third-order valence-electron chi connectivity index (χ3n) is 1.35. The molecule has 0 aromatic rings. The molecule has 0 fully saturated rings. The Bertz CT molecular complexity index is 145. The monoisotopic (exact) mass is 185 g/mol. The summed E-state index contributed by atoms with van der Waals surface area (Å²) in [6.45, 7) is 9.38. The van der Waals surface area contributed by atoms with Crippen LogP contribution in [0.5, 0.6) is 0 Å². The second kappa shape index (κ2) is 8.10. The van der Waals surface area contributed by atoms with Gasteiger partial charge >= 0.3 is 0 Å². The molecule has 0 heterocycles. The maximum absolute atomic E-state index is 5.41. The second-order valence-corrected chi connectivity index (χ2v) is 3.31. The average Bonchev–Trinajstić information content (AvgIpc) is 2.07. The van der Waals surface area contributed by atoms with Gasteiger partial charge in [-0.2, -0.15) is 0 Å². The van der Waals surface area contributed by atoms with E-state index in [1.54, 1.807) is 0 Å². The van der Waals surface area contributed by atoms with Crippen LogP contribution in [0.25, 0.3) is 0 Å². The first-order valence-corrected chi connectivity index (χ1v) is 4.74. The van der Waals surface area contributed by atoms with Crippen molar-refractivity contribution >= 4 is 0 Å². The molecule has 0 saturated heterocycles. The fourth-order valence-corrected chi connectivity index (χ4v) is 0.525. The van der Waals surface area contributed by atoms with E-state index in [0.29, 0.717) is 6.61 Å². The molecule has 2 nitrogen and oxygen atoms in total. The summed E-state index contributed by atoms with van der Waals surface area (Å²) in [4.78, 5) is 2.06. The first-order chi connectivity index (χ1) is 5.98. The van der Waals surface area contributed by atoms with Gasteiger partial charge in [0.25, 0.3) is 0 Å². The standard InChI is InChI=1S/C9H17NO.C2H6/c1-6-9(2,3)11-8-7-10(4)5;1-2/h1H,7-8H2,2-5H3;1-2H3. The maximum atomic E-state index is 5.41. The molecule has 0 radical (unpaired) electrons. The molecule has 0 aliphatic rings. The molecule has 0 aromatic heterocycles. The molecule has 0 unspecified atom stereocenters. The molecular weight excluding hydrogens is 162 g/mol. The van der Waals surface area contributed by atoms with E-state index < -0.39 is 5.60 Å². The Morgan fingerprint density at radius 1 is 1.31 bits per heavy atom. The van der Waals surface area contributed by atoms with Crippen LogP contribution in [-0.2, 0) is 4.74 Å². The lowest BCUT2D eigenvalue weighted by Gasteiger charge is -2.19. The van der Waals surface area contributed by atoms with Gasteiger partial charge in [0.2, 0.25) is 0 Å². The molecule has 0 aliphatic carbocycles. The van der Waals surface area contributed by atoms with Crippen molar-refractivity contribution in [2.45, 2.75) is 33.3 Å². The summed E-state index contributed by atoms with van der Waals surface area (Å²) in [5, 5.41) is 0. The molecule has 0 saturated carbocycles. The summed E-state index contributed by atoms with van der Waals surface area (Å²) in [7, 11) is 4.01. The highest BCUT2D eigenvalue weighted by Gasteiger charge is 2.12. The van der Waals surface area contributed by atoms with Crippen LogP contribution in [0.4, 0.5) is 0 Å². The Morgan fingerprint density at radius 3 is 2.08 bits per heavy atom. The predicted molar refractivity (Wildman–Crippen MR) is 58.8 cm³/mol. The van der Waals surface area contributed by atoms with Crippen molar-refractivity contribution in [2.24, 2.45) is 0 Å². The van der Waals surface area contributed by atoms with Crippen molar-refractivity contribution in [3.05, 3.63) is 0 Å². The van der Waals surface area contributed by atoms with E-state index in [4.69, 9.17) is 11.2 Å². The van der Waals surface area contributed by atoms with Crippen molar-refractivity contribution in [3.8, 4) is 12.3 Å². The number of hydrogen-bond donors (Lipinski definition) is 0. The smallest absolute Gasteiger partial charge is 0.122 e. The molecular formula is C11H23NO. The fraction of sp³-hybridized carbons (Fsp3) is 0.818. The van der Waals surface area contributed by atoms with Crippen molar-refractivity contribution in [1.82, 2.24) is 4.90 Å². The minimum absolute atomic E-state index is 0.421. The normalized spacial score (nSPS) is 10.3. The summed E-state index contributed by atoms with van der Waals surface area (Å²) < 4.78 is 5.41. The molecule has 0 atom stereocenters. The highest BCUT2D eigenvalue weighted by atomic mass is 16.5. The summed E-state index contributed by atoms with van der Waals surface area (Å²) in [5.74, 6) is 2.57. The van der Waals surface area contributed by atoms with E-state index in [1.165, 1.54) is 0 Å². The van der Waals surface area contributed by atoms with Gasteiger partial charge in [-0.1, -0.05) is 19.8 Å². The Hall–Kier alpha value is -0.520. The molecule has 0 aliphatic heterocycles. The molecule has 0 N–H and O–H groups in total. The Balaban J connectivity index is 0. The van der Waals surface area contributed by atoms with Crippen molar-refractivity contribution in [1.29, 1.82) is 0 Å². The van der Waals surface area contributed by atoms with Gasteiger partial charge in [0.1, 0.15) is 5.60 Å². The number of terminal acetylenes is 1. The summed E-state index contributed by atoms with van der Waals surface area (Å²) in [5.41, 5.74) is -0.421. The minimum Gasteiger partial charge on any atom is -0.362 e. The quantitative estimate of drug-likeness (QED) is 0.621. The molecule has 0 aromatic carbocycles. The molecule has 78 valence electrons. The Kier molecular flexibility index (Phi) is 9.33. The number of rotatable bonds is 4. The van der Waals surface area contributed by atoms with Crippen LogP contribution in [0.2, 0.25) is 0 Å². The lowest BCUT2D eigenvalue weighted by atomic mass is 10.1. The van der Waals surface area contributed by atoms with Crippen LogP contribution in [0.3, 0.4) is 0 Å². The van der Waals surface area contributed by atoms with E-state index in [0.717, 1.165) is 6.54 Å². The average molecular weight is 185 g/mol. The lowest BCUT2D eigenvalue weighted by Crippen LogP contribution is -2.27. The summed E-state index contributed by atoms with van der Waals surface area (Å²) in [6, 6.07) is 0. The minimum atomic E-state index is -0.421. The van der Waals surface area contributed by atoms with E-state index in [9.17, 15) is 0 Å². The predicted octanol–water partition coefficient (Wildman–Crippen LogP) is 2.00. The zero-order chi connectivity index (χ0) is 10.9. The van der Waals surface area contributed by atoms with Crippen LogP contribution in [-0.4, -0.2) is 37.7 Å². The van der Waals surface area contributed by atoms with E-state index >= 15 is 0 Å². The summed E-state index contributed by atoms with van der Waals surface area (Å²) in [6.07, 6.45) is 5.23. The Morgan fingerprint density at radius 2 is 1.77 bits per heavy atom. The third kappa shape index (κ3) is 11.5. The van der Waals surface area contributed by atoms with Gasteiger partial charge in [-0.15, -0.1) is 6.42 Å². The summed E-state index contributed by atoms with van der Waals surface area (Å²) >= 11 is 0. The largest absolute Gasteiger partial charge is 0.362 e. The Labute approximate surface area is 83.3 Å². The van der Waals surface area contributed by atoms with E-state index in [1.807, 2.05) is 41.8 Å². The van der Waals surface area contributed by atoms with E-state index in [2.05, 4.69) is 10.8 Å². The molecule has 13 heavy (non-hydrogen) atoms. The highest BCUT2D eigenvalue weighted by molar-refractivity contribution is 5.02. The second-order valence-electron chi connectivity index (χ2n) is 3.31. The van der Waals surface area contributed by atoms with Crippen LogP contribution < -0.4 is 0 Å². The molecule has 0 rings (SSSR count). The zero-order valence-electron chi connectivity index (χ0n) is 9.85. The van der Waals surface area contributed by atoms with Gasteiger partial charge in [0.15, 0.2) is 0 Å². The van der Waals surface area contributed by atoms with Crippen LogP contribution in [0.15, 0.2) is 0 Å². The van der Waals surface area contributed by atoms with Gasteiger partial charge < -0.3 is 9.64 Å². The molecule has 0 bridgehead atoms. The lowest BCUT2D eigenvalue weighted by molar-refractivity contribution is 0.0196. The van der Waals surface area contributed by atoms with Crippen LogP contribution >= 0.6 is 0 Å². The van der Waals surface area contributed by atoms with Crippen molar-refractivity contribution < 1.29 is 4.74 Å². The first kappa shape index (κ1) is 15.0. The SMILES string of the molecule is C#CC(C)(C)OCCN(C)C.CC. The van der Waals surface area contributed by atoms with Gasteiger partial charge in [-0.05, 0) is 27.9 Å². The van der Waals surface area contributed by atoms with Crippen LogP contribution in [0.1, 0.15) is 27.7 Å².